The van der Waals surface area contributed by atoms with E-state index >= 15 is 0 Å². The highest BCUT2D eigenvalue weighted by Gasteiger charge is 2.26. The van der Waals surface area contributed by atoms with Crippen molar-refractivity contribution in [1.82, 2.24) is 19.5 Å². The third kappa shape index (κ3) is 0.945. The van der Waals surface area contributed by atoms with Crippen LogP contribution in [0.5, 0.6) is 0 Å². The molecule has 0 aromatic carbocycles. The van der Waals surface area contributed by atoms with Crippen LogP contribution in [-0.2, 0) is 6.54 Å². The number of aryl methyl sites for hydroxylation is 1. The van der Waals surface area contributed by atoms with Gasteiger partial charge in [0.2, 0.25) is 0 Å². The molecule has 0 unspecified atom stereocenters. The lowest BCUT2D eigenvalue weighted by molar-refractivity contribution is 0.0778. The molecule has 5 nitrogen and oxygen atoms in total. The van der Waals surface area contributed by atoms with Crippen LogP contribution in [-0.4, -0.2) is 32.5 Å². The van der Waals surface area contributed by atoms with Crippen LogP contribution < -0.4 is 0 Å². The molecule has 0 atom stereocenters. The standard InChI is InChI=1S/C10H10N4O/c1-6-3-7-9-8(4-13(2)10(7)15)11-5-12-14(6)9/h3,5H,4H2,1-2H3. The van der Waals surface area contributed by atoms with Gasteiger partial charge in [0, 0.05) is 12.7 Å². The zero-order valence-electron chi connectivity index (χ0n) is 8.56. The maximum Gasteiger partial charge on any atom is 0.256 e. The van der Waals surface area contributed by atoms with Crippen molar-refractivity contribution >= 4 is 11.4 Å². The number of carbonyl (C=O) groups is 1. The van der Waals surface area contributed by atoms with Crippen LogP contribution in [0, 0.1) is 6.92 Å². The molecular formula is C10H10N4O. The van der Waals surface area contributed by atoms with Gasteiger partial charge in [0.05, 0.1) is 17.8 Å². The Morgan fingerprint density at radius 1 is 1.47 bits per heavy atom. The number of hydrogen-bond acceptors (Lipinski definition) is 3. The van der Waals surface area contributed by atoms with Crippen LogP contribution in [0.4, 0.5) is 0 Å². The second-order valence-electron chi connectivity index (χ2n) is 3.83. The van der Waals surface area contributed by atoms with Crippen molar-refractivity contribution in [3.63, 3.8) is 0 Å². The van der Waals surface area contributed by atoms with Gasteiger partial charge in [-0.1, -0.05) is 0 Å². The lowest BCUT2D eigenvalue weighted by atomic mass is 10.1. The first kappa shape index (κ1) is 8.40. The highest BCUT2D eigenvalue weighted by Crippen LogP contribution is 2.24. The predicted octanol–water partition coefficient (Wildman–Crippen LogP) is 0.623. The maximum atomic E-state index is 11.9. The molecule has 15 heavy (non-hydrogen) atoms. The van der Waals surface area contributed by atoms with E-state index in [2.05, 4.69) is 10.1 Å². The van der Waals surface area contributed by atoms with E-state index in [1.807, 2.05) is 13.0 Å². The molecule has 1 amide bonds. The van der Waals surface area contributed by atoms with Crippen molar-refractivity contribution in [2.75, 3.05) is 7.05 Å². The topological polar surface area (TPSA) is 50.5 Å². The molecule has 0 N–H and O–H groups in total. The summed E-state index contributed by atoms with van der Waals surface area (Å²) in [7, 11) is 1.78. The van der Waals surface area contributed by atoms with E-state index in [9.17, 15) is 4.79 Å². The molecule has 0 fully saturated rings. The van der Waals surface area contributed by atoms with E-state index < -0.39 is 0 Å². The van der Waals surface area contributed by atoms with E-state index in [0.717, 1.165) is 16.9 Å². The second-order valence-corrected chi connectivity index (χ2v) is 3.83. The van der Waals surface area contributed by atoms with Crippen molar-refractivity contribution in [3.05, 3.63) is 29.3 Å². The molecule has 0 aliphatic carbocycles. The summed E-state index contributed by atoms with van der Waals surface area (Å²) < 4.78 is 1.78. The summed E-state index contributed by atoms with van der Waals surface area (Å²) in [5.41, 5.74) is 3.44. The fourth-order valence-corrected chi connectivity index (χ4v) is 2.04. The summed E-state index contributed by atoms with van der Waals surface area (Å²) >= 11 is 0. The predicted molar refractivity (Wildman–Crippen MR) is 53.5 cm³/mol. The molecule has 0 bridgehead atoms. The Kier molecular flexibility index (Phi) is 1.44. The van der Waals surface area contributed by atoms with E-state index in [1.54, 1.807) is 16.5 Å². The minimum Gasteiger partial charge on any atom is -0.336 e. The summed E-state index contributed by atoms with van der Waals surface area (Å²) in [5.74, 6) is 0.0444. The Morgan fingerprint density at radius 3 is 3.07 bits per heavy atom. The largest absolute Gasteiger partial charge is 0.336 e. The van der Waals surface area contributed by atoms with Crippen molar-refractivity contribution in [2.24, 2.45) is 0 Å². The third-order valence-electron chi connectivity index (χ3n) is 2.77. The zero-order chi connectivity index (χ0) is 10.6. The van der Waals surface area contributed by atoms with E-state index in [0.29, 0.717) is 12.1 Å². The van der Waals surface area contributed by atoms with E-state index in [1.165, 1.54) is 6.33 Å². The third-order valence-corrected chi connectivity index (χ3v) is 2.77. The van der Waals surface area contributed by atoms with Gasteiger partial charge in [0.1, 0.15) is 11.8 Å². The Balaban J connectivity index is 2.47. The molecule has 0 saturated carbocycles. The highest BCUT2D eigenvalue weighted by atomic mass is 16.2. The number of hydrogen-bond donors (Lipinski definition) is 0. The molecular weight excluding hydrogens is 192 g/mol. The molecule has 3 rings (SSSR count). The van der Waals surface area contributed by atoms with Gasteiger partial charge in [-0.25, -0.2) is 9.50 Å². The molecule has 76 valence electrons. The highest BCUT2D eigenvalue weighted by molar-refractivity contribution is 6.03. The summed E-state index contributed by atoms with van der Waals surface area (Å²) in [6.07, 6.45) is 1.53. The number of amides is 1. The smallest absolute Gasteiger partial charge is 0.256 e. The SMILES string of the molecule is Cc1cc2c3c(ncnn13)CN(C)C2=O. The molecule has 0 saturated heterocycles. The molecule has 1 aliphatic heterocycles. The monoisotopic (exact) mass is 202 g/mol. The first-order valence-corrected chi connectivity index (χ1v) is 4.76. The van der Waals surface area contributed by atoms with E-state index in [-0.39, 0.29) is 5.91 Å². The average molecular weight is 202 g/mol. The van der Waals surface area contributed by atoms with Gasteiger partial charge in [0.25, 0.3) is 5.91 Å². The fraction of sp³-hybridized carbons (Fsp3) is 0.300. The average Bonchev–Trinajstić information content (AvgIpc) is 2.55. The summed E-state index contributed by atoms with van der Waals surface area (Å²) in [4.78, 5) is 17.8. The van der Waals surface area contributed by atoms with Gasteiger partial charge in [-0.05, 0) is 13.0 Å². The summed E-state index contributed by atoms with van der Waals surface area (Å²) in [6.45, 7) is 2.49. The first-order chi connectivity index (χ1) is 7.18. The number of nitrogens with zero attached hydrogens (tertiary/aromatic N) is 4. The van der Waals surface area contributed by atoms with Gasteiger partial charge >= 0.3 is 0 Å². The molecule has 5 heteroatoms. The van der Waals surface area contributed by atoms with Crippen LogP contribution in [0.2, 0.25) is 0 Å². The molecule has 2 aromatic heterocycles. The van der Waals surface area contributed by atoms with Crippen LogP contribution in [0.25, 0.3) is 5.52 Å². The molecule has 0 radical (unpaired) electrons. The van der Waals surface area contributed by atoms with Crippen molar-refractivity contribution in [3.8, 4) is 0 Å². The van der Waals surface area contributed by atoms with Gasteiger partial charge in [-0.2, -0.15) is 5.10 Å². The Morgan fingerprint density at radius 2 is 2.27 bits per heavy atom. The van der Waals surface area contributed by atoms with Gasteiger partial charge in [-0.3, -0.25) is 4.79 Å². The summed E-state index contributed by atoms with van der Waals surface area (Å²) in [6, 6.07) is 1.87. The minimum atomic E-state index is 0.0444. The van der Waals surface area contributed by atoms with Crippen molar-refractivity contribution in [2.45, 2.75) is 13.5 Å². The van der Waals surface area contributed by atoms with E-state index in [4.69, 9.17) is 0 Å². The van der Waals surface area contributed by atoms with Crippen molar-refractivity contribution < 1.29 is 4.79 Å². The van der Waals surface area contributed by atoms with Gasteiger partial charge < -0.3 is 4.90 Å². The van der Waals surface area contributed by atoms with Gasteiger partial charge in [0.15, 0.2) is 0 Å². The molecule has 2 aromatic rings. The van der Waals surface area contributed by atoms with Crippen LogP contribution in [0.1, 0.15) is 21.7 Å². The first-order valence-electron chi connectivity index (χ1n) is 4.76. The zero-order valence-corrected chi connectivity index (χ0v) is 8.56. The number of rotatable bonds is 0. The normalized spacial score (nSPS) is 15.1. The molecule has 3 heterocycles. The molecule has 1 aliphatic rings. The minimum absolute atomic E-state index is 0.0444. The van der Waals surface area contributed by atoms with Crippen molar-refractivity contribution in [1.29, 1.82) is 0 Å². The fourth-order valence-electron chi connectivity index (χ4n) is 2.04. The maximum absolute atomic E-state index is 11.9. The quantitative estimate of drug-likeness (QED) is 0.629. The van der Waals surface area contributed by atoms with Gasteiger partial charge in [-0.15, -0.1) is 0 Å². The van der Waals surface area contributed by atoms with Crippen LogP contribution in [0.3, 0.4) is 0 Å². The number of aromatic nitrogens is 3. The number of carbonyl (C=O) groups excluding carboxylic acids is 1. The Hall–Kier alpha value is -1.91. The Bertz CT molecular complexity index is 572. The lowest BCUT2D eigenvalue weighted by Gasteiger charge is -2.21. The lowest BCUT2D eigenvalue weighted by Crippen LogP contribution is -2.30. The van der Waals surface area contributed by atoms with Crippen LogP contribution >= 0.6 is 0 Å². The second kappa shape index (κ2) is 2.56. The summed E-state index contributed by atoms with van der Waals surface area (Å²) in [5, 5.41) is 4.14. The molecule has 0 spiro atoms. The Labute approximate surface area is 86.3 Å². The van der Waals surface area contributed by atoms with Crippen LogP contribution in [0.15, 0.2) is 12.4 Å².